The first-order chi connectivity index (χ1) is 8.33. The quantitative estimate of drug-likeness (QED) is 0.698. The molecule has 0 saturated heterocycles. The second kappa shape index (κ2) is 5.61. The normalized spacial score (nSPS) is 10.9. The van der Waals surface area contributed by atoms with E-state index in [2.05, 4.69) is 5.32 Å². The minimum atomic E-state index is -3.98. The number of rotatable bonds is 5. The van der Waals surface area contributed by atoms with Crippen LogP contribution in [0.2, 0.25) is 0 Å². The topological polar surface area (TPSA) is 113 Å². The van der Waals surface area contributed by atoms with E-state index in [1.165, 1.54) is 25.1 Å². The summed E-state index contributed by atoms with van der Waals surface area (Å²) in [5.41, 5.74) is 0.0999. The van der Waals surface area contributed by atoms with Gasteiger partial charge in [-0.2, -0.15) is 4.72 Å². The summed E-state index contributed by atoms with van der Waals surface area (Å²) >= 11 is 0. The average molecular weight is 272 g/mol. The molecule has 1 aromatic rings. The van der Waals surface area contributed by atoms with Crippen LogP contribution in [-0.4, -0.2) is 31.9 Å². The minimum absolute atomic E-state index is 0.0999. The summed E-state index contributed by atoms with van der Waals surface area (Å²) in [7, 11) is -3.98. The standard InChI is InChI=1S/C10H12N2O5S/c1-7(13)12-8-4-2-3-5-9(8)18(16,17)11-6-10(14)15/h2-5,11H,6H2,1H3,(H,12,13)(H,14,15). The van der Waals surface area contributed by atoms with Crippen LogP contribution in [0.4, 0.5) is 5.69 Å². The highest BCUT2D eigenvalue weighted by molar-refractivity contribution is 7.89. The summed E-state index contributed by atoms with van der Waals surface area (Å²) in [5, 5.41) is 10.8. The Kier molecular flexibility index (Phi) is 4.40. The van der Waals surface area contributed by atoms with E-state index in [-0.39, 0.29) is 10.6 Å². The molecular weight excluding hydrogens is 260 g/mol. The number of sulfonamides is 1. The van der Waals surface area contributed by atoms with Crippen molar-refractivity contribution in [1.82, 2.24) is 4.72 Å². The van der Waals surface area contributed by atoms with Gasteiger partial charge in [0.15, 0.2) is 0 Å². The van der Waals surface area contributed by atoms with Crippen molar-refractivity contribution in [1.29, 1.82) is 0 Å². The van der Waals surface area contributed by atoms with Crippen molar-refractivity contribution in [3.05, 3.63) is 24.3 Å². The molecule has 1 rings (SSSR count). The largest absolute Gasteiger partial charge is 0.480 e. The zero-order chi connectivity index (χ0) is 13.8. The molecule has 18 heavy (non-hydrogen) atoms. The van der Waals surface area contributed by atoms with E-state index in [4.69, 9.17) is 5.11 Å². The third-order valence-electron chi connectivity index (χ3n) is 1.90. The summed E-state index contributed by atoms with van der Waals surface area (Å²) < 4.78 is 25.5. The Balaban J connectivity index is 3.07. The fraction of sp³-hybridized carbons (Fsp3) is 0.200. The molecule has 8 heteroatoms. The highest BCUT2D eigenvalue weighted by atomic mass is 32.2. The highest BCUT2D eigenvalue weighted by Gasteiger charge is 2.19. The summed E-state index contributed by atoms with van der Waals surface area (Å²) in [6.07, 6.45) is 0. The fourth-order valence-electron chi connectivity index (χ4n) is 1.23. The first kappa shape index (κ1) is 14.1. The molecule has 0 spiro atoms. The van der Waals surface area contributed by atoms with E-state index in [1.54, 1.807) is 6.07 Å². The Morgan fingerprint density at radius 2 is 1.89 bits per heavy atom. The van der Waals surface area contributed by atoms with Crippen molar-refractivity contribution >= 4 is 27.6 Å². The summed E-state index contributed by atoms with van der Waals surface area (Å²) in [4.78, 5) is 21.1. The van der Waals surface area contributed by atoms with Crippen LogP contribution in [-0.2, 0) is 19.6 Å². The maximum absolute atomic E-state index is 11.8. The van der Waals surface area contributed by atoms with Crippen molar-refractivity contribution in [3.63, 3.8) is 0 Å². The van der Waals surface area contributed by atoms with Crippen molar-refractivity contribution in [3.8, 4) is 0 Å². The molecule has 98 valence electrons. The molecule has 0 aromatic heterocycles. The van der Waals surface area contributed by atoms with Crippen LogP contribution in [0.5, 0.6) is 0 Å². The van der Waals surface area contributed by atoms with Gasteiger partial charge >= 0.3 is 5.97 Å². The van der Waals surface area contributed by atoms with Gasteiger partial charge in [-0.3, -0.25) is 9.59 Å². The molecule has 7 nitrogen and oxygen atoms in total. The smallest absolute Gasteiger partial charge is 0.318 e. The predicted molar refractivity (Wildman–Crippen MR) is 63.6 cm³/mol. The van der Waals surface area contributed by atoms with Gasteiger partial charge in [-0.05, 0) is 12.1 Å². The van der Waals surface area contributed by atoms with E-state index < -0.39 is 28.4 Å². The van der Waals surface area contributed by atoms with Crippen LogP contribution < -0.4 is 10.0 Å². The molecule has 1 aromatic carbocycles. The number of benzene rings is 1. The van der Waals surface area contributed by atoms with Crippen molar-refractivity contribution in [2.24, 2.45) is 0 Å². The Hall–Kier alpha value is -1.93. The third kappa shape index (κ3) is 3.82. The number of carboxylic acid groups (broad SMARTS) is 1. The monoisotopic (exact) mass is 272 g/mol. The Morgan fingerprint density at radius 3 is 2.44 bits per heavy atom. The Bertz CT molecular complexity index is 567. The molecule has 0 aliphatic carbocycles. The van der Waals surface area contributed by atoms with Gasteiger partial charge in [0.2, 0.25) is 15.9 Å². The first-order valence-electron chi connectivity index (χ1n) is 4.91. The van der Waals surface area contributed by atoms with Gasteiger partial charge in [0.25, 0.3) is 0 Å². The number of carbonyl (C=O) groups excluding carboxylic acids is 1. The second-order valence-electron chi connectivity index (χ2n) is 3.40. The molecule has 0 saturated carbocycles. The molecule has 0 aliphatic rings. The number of nitrogens with one attached hydrogen (secondary N) is 2. The van der Waals surface area contributed by atoms with Gasteiger partial charge in [0.1, 0.15) is 11.4 Å². The van der Waals surface area contributed by atoms with Gasteiger partial charge in [-0.25, -0.2) is 8.42 Å². The number of anilines is 1. The number of carbonyl (C=O) groups is 2. The van der Waals surface area contributed by atoms with E-state index in [1.807, 2.05) is 4.72 Å². The molecule has 3 N–H and O–H groups in total. The molecule has 0 heterocycles. The lowest BCUT2D eigenvalue weighted by molar-refractivity contribution is -0.135. The maximum atomic E-state index is 11.8. The molecule has 0 radical (unpaired) electrons. The lowest BCUT2D eigenvalue weighted by Crippen LogP contribution is -2.30. The number of hydrogen-bond acceptors (Lipinski definition) is 4. The number of carboxylic acids is 1. The van der Waals surface area contributed by atoms with Crippen LogP contribution >= 0.6 is 0 Å². The number of para-hydroxylation sites is 1. The number of aliphatic carboxylic acids is 1. The van der Waals surface area contributed by atoms with Crippen molar-refractivity contribution in [2.45, 2.75) is 11.8 Å². The summed E-state index contributed by atoms with van der Waals surface area (Å²) in [6, 6.07) is 5.72. The van der Waals surface area contributed by atoms with Gasteiger partial charge < -0.3 is 10.4 Å². The highest BCUT2D eigenvalue weighted by Crippen LogP contribution is 2.20. The predicted octanol–water partition coefficient (Wildman–Crippen LogP) is 0.00790. The van der Waals surface area contributed by atoms with E-state index in [0.29, 0.717) is 0 Å². The van der Waals surface area contributed by atoms with E-state index in [9.17, 15) is 18.0 Å². The van der Waals surface area contributed by atoms with Crippen LogP contribution in [0.1, 0.15) is 6.92 Å². The molecule has 0 atom stereocenters. The SMILES string of the molecule is CC(=O)Nc1ccccc1S(=O)(=O)NCC(=O)O. The zero-order valence-electron chi connectivity index (χ0n) is 9.50. The molecule has 0 fully saturated rings. The second-order valence-corrected chi connectivity index (χ2v) is 5.13. The van der Waals surface area contributed by atoms with Crippen molar-refractivity contribution < 1.29 is 23.1 Å². The van der Waals surface area contributed by atoms with Crippen LogP contribution in [0.25, 0.3) is 0 Å². The van der Waals surface area contributed by atoms with Crippen LogP contribution in [0, 0.1) is 0 Å². The lowest BCUT2D eigenvalue weighted by atomic mass is 10.3. The molecular formula is C10H12N2O5S. The van der Waals surface area contributed by atoms with Crippen LogP contribution in [0.15, 0.2) is 29.2 Å². The average Bonchev–Trinajstić information content (AvgIpc) is 2.26. The number of hydrogen-bond donors (Lipinski definition) is 3. The fourth-order valence-corrected chi connectivity index (χ4v) is 2.36. The maximum Gasteiger partial charge on any atom is 0.318 e. The minimum Gasteiger partial charge on any atom is -0.480 e. The van der Waals surface area contributed by atoms with Crippen LogP contribution in [0.3, 0.4) is 0 Å². The molecule has 0 unspecified atom stereocenters. The third-order valence-corrected chi connectivity index (χ3v) is 3.36. The number of amides is 1. The summed E-state index contributed by atoms with van der Waals surface area (Å²) in [6.45, 7) is 0.519. The Morgan fingerprint density at radius 1 is 1.28 bits per heavy atom. The van der Waals surface area contributed by atoms with Gasteiger partial charge in [-0.15, -0.1) is 0 Å². The lowest BCUT2D eigenvalue weighted by Gasteiger charge is -2.10. The molecule has 0 aliphatic heterocycles. The zero-order valence-corrected chi connectivity index (χ0v) is 10.3. The molecule has 0 bridgehead atoms. The first-order valence-corrected chi connectivity index (χ1v) is 6.39. The van der Waals surface area contributed by atoms with Crippen molar-refractivity contribution in [2.75, 3.05) is 11.9 Å². The van der Waals surface area contributed by atoms with E-state index >= 15 is 0 Å². The van der Waals surface area contributed by atoms with Gasteiger partial charge in [-0.1, -0.05) is 12.1 Å². The van der Waals surface area contributed by atoms with E-state index in [0.717, 1.165) is 0 Å². The van der Waals surface area contributed by atoms with Gasteiger partial charge in [0.05, 0.1) is 5.69 Å². The Labute approximate surface area is 104 Å². The molecule has 1 amide bonds. The van der Waals surface area contributed by atoms with Gasteiger partial charge in [0, 0.05) is 6.92 Å². The summed E-state index contributed by atoms with van der Waals surface area (Å²) in [5.74, 6) is -1.72.